The average Bonchev–Trinajstić information content (AvgIpc) is 0.767. The molecular weight excluding hydrogens is 1890 g/mol. The number of ether oxygens (including phenoxy) is 10. The molecule has 0 unspecified atom stereocenters. The number of amides is 2. The van der Waals surface area contributed by atoms with E-state index in [1.807, 2.05) is 60.7 Å². The number of hydrogen-bond donors (Lipinski definition) is 4. The zero-order chi connectivity index (χ0) is 106. The number of carbonyl (C=O) groups is 6. The van der Waals surface area contributed by atoms with Crippen LogP contribution in [0.1, 0.15) is 476 Å². The molecule has 2 saturated heterocycles. The highest BCUT2D eigenvalue weighted by molar-refractivity contribution is 7.49. The normalized spacial score (nSPS) is 18.6. The van der Waals surface area contributed by atoms with Crippen LogP contribution < -0.4 is 19.7 Å². The molecule has 4 aromatic carbocycles. The van der Waals surface area contributed by atoms with Gasteiger partial charge in [0.1, 0.15) is 60.2 Å². The van der Waals surface area contributed by atoms with E-state index in [0.29, 0.717) is 51.4 Å². The Balaban J connectivity index is 1.49. The number of aliphatic hydroxyl groups is 2. The lowest BCUT2D eigenvalue weighted by atomic mass is 9.95. The third-order valence-electron chi connectivity index (χ3n) is 28.5. The number of esters is 4. The minimum atomic E-state index is -5.14. The Bertz CT molecular complexity index is 3940. The number of aliphatic hydroxyl groups excluding tert-OH is 2. The number of phosphoric acid groups is 1. The van der Waals surface area contributed by atoms with Crippen molar-refractivity contribution in [2.45, 2.75) is 564 Å². The van der Waals surface area contributed by atoms with Crippen molar-refractivity contribution in [2.24, 2.45) is 0 Å². The van der Waals surface area contributed by atoms with E-state index in [2.05, 4.69) is 58.8 Å². The van der Waals surface area contributed by atoms with Crippen molar-refractivity contribution >= 4 is 43.5 Å². The molecule has 0 spiro atoms. The summed E-state index contributed by atoms with van der Waals surface area (Å²) in [5.74, 6) is -3.76. The second-order valence-corrected chi connectivity index (χ2v) is 43.3. The summed E-state index contributed by atoms with van der Waals surface area (Å²) in [5, 5.41) is 31.8. The van der Waals surface area contributed by atoms with Crippen LogP contribution >= 0.6 is 7.82 Å². The summed E-state index contributed by atoms with van der Waals surface area (Å²) in [6.07, 6.45) is 44.2. The Kier molecular flexibility index (Phi) is 74.7. The van der Waals surface area contributed by atoms with Crippen LogP contribution in [0.4, 0.5) is 0 Å². The van der Waals surface area contributed by atoms with E-state index in [1.165, 1.54) is 147 Å². The van der Waals surface area contributed by atoms with Crippen LogP contribution in [0.5, 0.6) is 11.5 Å². The maximum Gasteiger partial charge on any atom is 0.588 e. The summed E-state index contributed by atoms with van der Waals surface area (Å²) < 4.78 is 103. The number of nitrogens with one attached hydrogen (secondary N) is 2. The van der Waals surface area contributed by atoms with Crippen molar-refractivity contribution in [3.05, 3.63) is 145 Å². The number of phosphoric ester groups is 1. The quantitative estimate of drug-likeness (QED) is 0.0105. The van der Waals surface area contributed by atoms with Gasteiger partial charge in [-0.15, -0.1) is 6.58 Å². The predicted molar refractivity (Wildman–Crippen MR) is 591 cm³/mol. The SMILES string of the molecule is C=CCO[C@H]1O[C@H](CO[C@@H]2O[C@H](CO)[C@@H](OP(=O)(Oc3ccccc3)Oc3ccccc3)[C@H](OC(=O)C[C@@H](CCCCCCCCCCC)OC(=O)CCCCCCCCCCCCC)[C@H]2NC(=O)C[C@@H](CCCCCCCCCCC)OC(=O)CCCCCCCCCCC)[C@@H](O)[C@H](OC(=O)C[C@@H](CCCCCCCCCCC)OCc2ccccc2)[C@H]1NC(=O)C[C@@H](CCCCCCCCCCC)OCc1ccccc1. The van der Waals surface area contributed by atoms with Gasteiger partial charge in [0.2, 0.25) is 11.8 Å². The third kappa shape index (κ3) is 60.5. The van der Waals surface area contributed by atoms with Crippen molar-refractivity contribution in [3.63, 3.8) is 0 Å². The molecule has 0 saturated carbocycles. The molecule has 14 atom stereocenters. The van der Waals surface area contributed by atoms with Crippen molar-refractivity contribution in [1.82, 2.24) is 10.6 Å². The number of unbranched alkanes of at least 4 members (excludes halogenated alkanes) is 50. The second kappa shape index (κ2) is 85.3. The molecule has 2 heterocycles. The summed E-state index contributed by atoms with van der Waals surface area (Å²) in [6, 6.07) is 32.6. The van der Waals surface area contributed by atoms with Gasteiger partial charge in [0, 0.05) is 12.8 Å². The Morgan fingerprint density at radius 1 is 0.351 bits per heavy atom. The third-order valence-corrected chi connectivity index (χ3v) is 29.9. The van der Waals surface area contributed by atoms with Crippen LogP contribution in [0, 0.1) is 0 Å². The predicted octanol–water partition coefficient (Wildman–Crippen LogP) is 30.3. The molecule has 4 N–H and O–H groups in total. The summed E-state index contributed by atoms with van der Waals surface area (Å²) in [6.45, 7) is 15.9. The maximum atomic E-state index is 16.2. The molecule has 2 aliphatic rings. The lowest BCUT2D eigenvalue weighted by molar-refractivity contribution is -0.303. The van der Waals surface area contributed by atoms with Crippen molar-refractivity contribution in [1.29, 1.82) is 0 Å². The van der Waals surface area contributed by atoms with Crippen molar-refractivity contribution in [2.75, 3.05) is 19.8 Å². The molecular formula is C123H201N2O22P. The first-order valence-corrected chi connectivity index (χ1v) is 60.8. The minimum Gasteiger partial charge on any atom is -0.462 e. The largest absolute Gasteiger partial charge is 0.588 e. The van der Waals surface area contributed by atoms with Gasteiger partial charge in [-0.05, 0) is 86.8 Å². The van der Waals surface area contributed by atoms with Gasteiger partial charge in [0.05, 0.1) is 70.9 Å². The first kappa shape index (κ1) is 130. The Hall–Kier alpha value is -7.09. The van der Waals surface area contributed by atoms with Crippen LogP contribution in [0.15, 0.2) is 134 Å². The lowest BCUT2D eigenvalue weighted by Crippen LogP contribution is -2.68. The molecule has 4 aromatic rings. The Morgan fingerprint density at radius 3 is 1.00 bits per heavy atom. The van der Waals surface area contributed by atoms with E-state index in [1.54, 1.807) is 60.7 Å². The van der Waals surface area contributed by atoms with E-state index < -0.39 is 155 Å². The number of benzene rings is 4. The van der Waals surface area contributed by atoms with Gasteiger partial charge in [0.15, 0.2) is 24.8 Å². The molecule has 0 aromatic heterocycles. The topological polar surface area (TPSA) is 304 Å². The summed E-state index contributed by atoms with van der Waals surface area (Å²) in [5.41, 5.74) is 1.84. The number of para-hydroxylation sites is 2. The highest BCUT2D eigenvalue weighted by Crippen LogP contribution is 2.53. The van der Waals surface area contributed by atoms with Crippen LogP contribution in [0.3, 0.4) is 0 Å². The number of rotatable bonds is 95. The highest BCUT2D eigenvalue weighted by atomic mass is 31.2. The molecule has 840 valence electrons. The highest BCUT2D eigenvalue weighted by Gasteiger charge is 2.56. The Labute approximate surface area is 894 Å². The van der Waals surface area contributed by atoms with Crippen LogP contribution in [-0.4, -0.2) is 151 Å². The molecule has 2 amide bonds. The van der Waals surface area contributed by atoms with Gasteiger partial charge in [-0.1, -0.05) is 479 Å². The first-order chi connectivity index (χ1) is 72.4. The lowest BCUT2D eigenvalue weighted by Gasteiger charge is -2.47. The molecule has 6 rings (SSSR count). The van der Waals surface area contributed by atoms with E-state index >= 15 is 23.7 Å². The molecule has 2 fully saturated rings. The zero-order valence-corrected chi connectivity index (χ0v) is 93.5. The molecule has 24 nitrogen and oxygen atoms in total. The fraction of sp³-hybridized carbons (Fsp3) is 0.740. The summed E-state index contributed by atoms with van der Waals surface area (Å²) >= 11 is 0. The minimum absolute atomic E-state index is 0.0391. The molecule has 2 aliphatic heterocycles. The van der Waals surface area contributed by atoms with E-state index in [4.69, 9.17) is 60.9 Å². The maximum absolute atomic E-state index is 16.2. The van der Waals surface area contributed by atoms with E-state index in [0.717, 1.165) is 204 Å². The average molecular weight is 2090 g/mol. The van der Waals surface area contributed by atoms with Gasteiger partial charge >= 0.3 is 31.7 Å². The first-order valence-electron chi connectivity index (χ1n) is 59.3. The van der Waals surface area contributed by atoms with Crippen LogP contribution in [0.2, 0.25) is 0 Å². The Morgan fingerprint density at radius 2 is 0.642 bits per heavy atom. The molecule has 148 heavy (non-hydrogen) atoms. The summed E-state index contributed by atoms with van der Waals surface area (Å²) in [7, 11) is -5.14. The number of carbonyl (C=O) groups excluding carboxylic acids is 6. The van der Waals surface area contributed by atoms with E-state index in [9.17, 15) is 19.8 Å². The molecule has 0 bridgehead atoms. The molecule has 0 aliphatic carbocycles. The van der Waals surface area contributed by atoms with Crippen molar-refractivity contribution in [3.8, 4) is 11.5 Å². The monoisotopic (exact) mass is 2090 g/mol. The zero-order valence-electron chi connectivity index (χ0n) is 92.6. The van der Waals surface area contributed by atoms with Crippen LogP contribution in [-0.2, 0) is 98.4 Å². The van der Waals surface area contributed by atoms with Crippen molar-refractivity contribution < 1.29 is 104 Å². The smallest absolute Gasteiger partial charge is 0.462 e. The van der Waals surface area contributed by atoms with Gasteiger partial charge < -0.3 is 77.3 Å². The molecule has 25 heteroatoms. The van der Waals surface area contributed by atoms with Gasteiger partial charge in [-0.3, -0.25) is 33.3 Å². The molecule has 0 radical (unpaired) electrons. The standard InChI is InChI=1S/C123H201N2O22P/c1-8-15-21-27-33-39-40-46-52-58-76-90-113(130)140-107(88-70-56-50-44-37-31-25-19-12-5)95-115(132)144-121-117(125-111(128)93-106(87-69-55-49-43-36-30-24-18-11-4)139-112(129)89-75-57-51-45-38-32-26-20-13-6)123(141-108(96-126)119(121)147-148(134,145-102-81-71-61-72-82-102)146-103-83-73-62-74-84-103)138-99-109-118(133)120(143-114(131)94-105(137-98-101-79-65-60-66-80-101)86-68-54-48-42-35-29-23-17-10-3)116(122(142-109)135-91-14-7)124-110(127)92-104(136-97-100-77-63-59-64-78-100)85-67-53-47-41-34-28-22-16-9-2/h14,59-66,71-74,77-84,104-109,116-123,126,133H,7-13,15-58,67-70,75-76,85-99H2,1-6H3,(H,124,127)(H,125,128)/t104-,105-,106-,107-,108-,109-,116-,117-,118-,119-,120-,121-,122+,123-/m1/s1. The summed E-state index contributed by atoms with van der Waals surface area (Å²) in [4.78, 5) is 91.2. The fourth-order valence-corrected chi connectivity index (χ4v) is 21.2. The second-order valence-electron chi connectivity index (χ2n) is 41.8. The number of hydrogen-bond acceptors (Lipinski definition) is 22. The van der Waals surface area contributed by atoms with Crippen LogP contribution in [0.25, 0.3) is 0 Å². The van der Waals surface area contributed by atoms with Gasteiger partial charge in [-0.2, -0.15) is 0 Å². The van der Waals surface area contributed by atoms with Gasteiger partial charge in [-0.25, -0.2) is 4.57 Å². The van der Waals surface area contributed by atoms with E-state index in [-0.39, 0.29) is 57.0 Å². The van der Waals surface area contributed by atoms with Gasteiger partial charge in [0.25, 0.3) is 0 Å². The fourth-order valence-electron chi connectivity index (χ4n) is 19.8.